The van der Waals surface area contributed by atoms with Crippen LogP contribution in [0, 0.1) is 5.41 Å². The summed E-state index contributed by atoms with van der Waals surface area (Å²) in [6, 6.07) is 5.56. The highest BCUT2D eigenvalue weighted by atomic mass is 16.5. The van der Waals surface area contributed by atoms with Gasteiger partial charge in [0.15, 0.2) is 0 Å². The fourth-order valence-corrected chi connectivity index (χ4v) is 3.62. The van der Waals surface area contributed by atoms with Gasteiger partial charge in [-0.05, 0) is 6.07 Å². The molecule has 0 saturated carbocycles. The minimum atomic E-state index is -0.932. The molecule has 0 radical (unpaired) electrons. The second-order valence-electron chi connectivity index (χ2n) is 6.28. The number of nitrogens with zero attached hydrogens (tertiary/aromatic N) is 1. The molecule has 1 aromatic rings. The summed E-state index contributed by atoms with van der Waals surface area (Å²) in [5.41, 5.74) is -0.0123. The van der Waals surface area contributed by atoms with Gasteiger partial charge in [-0.3, -0.25) is 9.69 Å². The van der Waals surface area contributed by atoms with Crippen molar-refractivity contribution in [3.63, 3.8) is 0 Å². The molecule has 0 bridgehead atoms. The fourth-order valence-electron chi connectivity index (χ4n) is 3.62. The number of aliphatic hydroxyl groups excluding tert-OH is 1. The van der Waals surface area contributed by atoms with Crippen molar-refractivity contribution < 1.29 is 29.2 Å². The molecular weight excluding hydrogens is 314 g/mol. The number of hydrogen-bond acceptors (Lipinski definition) is 6. The summed E-state index contributed by atoms with van der Waals surface area (Å²) in [6.45, 7) is 2.63. The van der Waals surface area contributed by atoms with Crippen LogP contribution in [-0.2, 0) is 9.53 Å². The van der Waals surface area contributed by atoms with Gasteiger partial charge in [-0.2, -0.15) is 0 Å². The summed E-state index contributed by atoms with van der Waals surface area (Å²) in [7, 11) is 1.59. The molecular formula is C17H23NO6. The number of hydrogen-bond donors (Lipinski definition) is 2. The third-order valence-corrected chi connectivity index (χ3v) is 4.91. The van der Waals surface area contributed by atoms with Crippen molar-refractivity contribution in [2.75, 3.05) is 53.2 Å². The highest BCUT2D eigenvalue weighted by molar-refractivity contribution is 5.78. The Labute approximate surface area is 140 Å². The number of likely N-dealkylation sites (tertiary alicyclic amines) is 1. The van der Waals surface area contributed by atoms with E-state index < -0.39 is 11.4 Å². The summed E-state index contributed by atoms with van der Waals surface area (Å²) in [5.74, 6) is 0.452. The minimum Gasteiger partial charge on any atom is -0.497 e. The molecule has 132 valence electrons. The van der Waals surface area contributed by atoms with Crippen LogP contribution in [0.5, 0.6) is 11.5 Å². The first-order valence-electron chi connectivity index (χ1n) is 8.06. The van der Waals surface area contributed by atoms with Gasteiger partial charge in [0.1, 0.15) is 23.5 Å². The lowest BCUT2D eigenvalue weighted by Gasteiger charge is -2.36. The lowest BCUT2D eigenvalue weighted by atomic mass is 9.73. The van der Waals surface area contributed by atoms with Crippen molar-refractivity contribution >= 4 is 5.97 Å². The van der Waals surface area contributed by atoms with Gasteiger partial charge in [-0.25, -0.2) is 0 Å². The van der Waals surface area contributed by atoms with Crippen LogP contribution in [0.2, 0.25) is 0 Å². The minimum absolute atomic E-state index is 0.00919. The van der Waals surface area contributed by atoms with E-state index in [0.717, 1.165) is 5.56 Å². The number of aliphatic carboxylic acids is 1. The van der Waals surface area contributed by atoms with E-state index >= 15 is 0 Å². The standard InChI is InChI=1S/C17H23NO6/c1-22-12-2-3-13-14-9-18(4-6-23-7-5-19)10-17(14,16(20)21)11-24-15(13)8-12/h2-3,8,14,19H,4-7,9-11H2,1H3,(H,20,21)/t14-,17-/m1/s1. The molecule has 1 aromatic carbocycles. The molecule has 0 amide bonds. The third-order valence-electron chi connectivity index (χ3n) is 4.91. The molecule has 3 rings (SSSR count). The quantitative estimate of drug-likeness (QED) is 0.703. The number of methoxy groups -OCH3 is 1. The summed E-state index contributed by atoms with van der Waals surface area (Å²) in [4.78, 5) is 14.1. The van der Waals surface area contributed by atoms with Crippen molar-refractivity contribution in [1.82, 2.24) is 4.90 Å². The van der Waals surface area contributed by atoms with E-state index in [0.29, 0.717) is 44.3 Å². The molecule has 2 heterocycles. The predicted molar refractivity (Wildman–Crippen MR) is 85.6 cm³/mol. The number of carboxylic acid groups (broad SMARTS) is 1. The smallest absolute Gasteiger partial charge is 0.315 e. The van der Waals surface area contributed by atoms with Crippen LogP contribution >= 0.6 is 0 Å². The molecule has 0 aliphatic carbocycles. The van der Waals surface area contributed by atoms with E-state index in [4.69, 9.17) is 19.3 Å². The zero-order valence-corrected chi connectivity index (χ0v) is 13.7. The highest BCUT2D eigenvalue weighted by Gasteiger charge is 2.56. The Morgan fingerprint density at radius 2 is 2.29 bits per heavy atom. The van der Waals surface area contributed by atoms with Crippen LogP contribution in [0.15, 0.2) is 18.2 Å². The molecule has 7 heteroatoms. The first kappa shape index (κ1) is 17.0. The molecule has 2 aliphatic heterocycles. The van der Waals surface area contributed by atoms with Gasteiger partial charge in [-0.15, -0.1) is 0 Å². The number of aliphatic hydroxyl groups is 1. The topological polar surface area (TPSA) is 88.5 Å². The van der Waals surface area contributed by atoms with Gasteiger partial charge in [0, 0.05) is 37.2 Å². The Morgan fingerprint density at radius 3 is 3.00 bits per heavy atom. The van der Waals surface area contributed by atoms with E-state index in [2.05, 4.69) is 4.90 Å². The van der Waals surface area contributed by atoms with E-state index in [1.165, 1.54) is 0 Å². The zero-order valence-electron chi connectivity index (χ0n) is 13.7. The summed E-state index contributed by atoms with van der Waals surface area (Å²) < 4.78 is 16.3. The van der Waals surface area contributed by atoms with Crippen molar-refractivity contribution in [1.29, 1.82) is 0 Å². The normalized spacial score (nSPS) is 25.7. The van der Waals surface area contributed by atoms with Gasteiger partial charge in [0.05, 0.1) is 26.9 Å². The van der Waals surface area contributed by atoms with E-state index in [-0.39, 0.29) is 19.1 Å². The Bertz CT molecular complexity index is 607. The Balaban J connectivity index is 1.80. The van der Waals surface area contributed by atoms with Gasteiger partial charge in [0.2, 0.25) is 0 Å². The van der Waals surface area contributed by atoms with Crippen LogP contribution in [0.1, 0.15) is 11.5 Å². The third kappa shape index (κ3) is 2.94. The zero-order chi connectivity index (χ0) is 17.2. The van der Waals surface area contributed by atoms with E-state index in [1.807, 2.05) is 18.2 Å². The maximum Gasteiger partial charge on any atom is 0.315 e. The highest BCUT2D eigenvalue weighted by Crippen LogP contribution is 2.50. The Morgan fingerprint density at radius 1 is 1.46 bits per heavy atom. The first-order valence-corrected chi connectivity index (χ1v) is 8.06. The SMILES string of the molecule is COc1ccc2c(c1)OC[C@]1(C(=O)O)CN(CCOCCO)C[C@H]21. The maximum atomic E-state index is 12.0. The number of carbonyl (C=O) groups is 1. The van der Waals surface area contributed by atoms with E-state index in [1.54, 1.807) is 7.11 Å². The summed E-state index contributed by atoms with van der Waals surface area (Å²) >= 11 is 0. The van der Waals surface area contributed by atoms with Gasteiger partial charge >= 0.3 is 5.97 Å². The number of benzene rings is 1. The van der Waals surface area contributed by atoms with Crippen molar-refractivity contribution in [2.24, 2.45) is 5.41 Å². The molecule has 0 spiro atoms. The number of ether oxygens (including phenoxy) is 3. The molecule has 2 atom stereocenters. The van der Waals surface area contributed by atoms with Gasteiger partial charge < -0.3 is 24.4 Å². The van der Waals surface area contributed by atoms with Crippen molar-refractivity contribution in [3.05, 3.63) is 23.8 Å². The molecule has 2 N–H and O–H groups in total. The second-order valence-corrected chi connectivity index (χ2v) is 6.28. The maximum absolute atomic E-state index is 12.0. The first-order chi connectivity index (χ1) is 11.6. The molecule has 2 aliphatic rings. The van der Waals surface area contributed by atoms with Crippen LogP contribution < -0.4 is 9.47 Å². The van der Waals surface area contributed by atoms with Crippen molar-refractivity contribution in [3.8, 4) is 11.5 Å². The van der Waals surface area contributed by atoms with Crippen LogP contribution in [-0.4, -0.2) is 74.3 Å². The lowest BCUT2D eigenvalue weighted by Crippen LogP contribution is -2.45. The molecule has 7 nitrogen and oxygen atoms in total. The molecule has 0 aromatic heterocycles. The van der Waals surface area contributed by atoms with E-state index in [9.17, 15) is 9.90 Å². The van der Waals surface area contributed by atoms with Crippen LogP contribution in [0.25, 0.3) is 0 Å². The lowest BCUT2D eigenvalue weighted by molar-refractivity contribution is -0.151. The number of rotatable bonds is 7. The molecule has 24 heavy (non-hydrogen) atoms. The number of carboxylic acids is 1. The number of fused-ring (bicyclic) bond motifs is 3. The van der Waals surface area contributed by atoms with Crippen LogP contribution in [0.4, 0.5) is 0 Å². The van der Waals surface area contributed by atoms with Gasteiger partial charge in [0.25, 0.3) is 0 Å². The predicted octanol–water partition coefficient (Wildman–Crippen LogP) is 0.567. The monoisotopic (exact) mass is 337 g/mol. The van der Waals surface area contributed by atoms with Crippen LogP contribution in [0.3, 0.4) is 0 Å². The molecule has 1 fully saturated rings. The van der Waals surface area contributed by atoms with Gasteiger partial charge in [-0.1, -0.05) is 6.07 Å². The van der Waals surface area contributed by atoms with Crippen molar-refractivity contribution in [2.45, 2.75) is 5.92 Å². The second kappa shape index (κ2) is 6.96. The summed E-state index contributed by atoms with van der Waals surface area (Å²) in [6.07, 6.45) is 0. The average Bonchev–Trinajstić information content (AvgIpc) is 2.98. The largest absolute Gasteiger partial charge is 0.497 e. The Hall–Kier alpha value is -1.83. The molecule has 1 saturated heterocycles. The Kier molecular flexibility index (Phi) is 4.93. The summed E-state index contributed by atoms with van der Waals surface area (Å²) in [5, 5.41) is 18.6. The fraction of sp³-hybridized carbons (Fsp3) is 0.588. The average molecular weight is 337 g/mol. The molecule has 0 unspecified atom stereocenters.